The lowest BCUT2D eigenvalue weighted by Gasteiger charge is -2.07. The molecule has 0 radical (unpaired) electrons. The number of halogens is 1. The van der Waals surface area contributed by atoms with Gasteiger partial charge < -0.3 is 10.1 Å². The third-order valence-corrected chi connectivity index (χ3v) is 5.44. The van der Waals surface area contributed by atoms with E-state index in [1.807, 2.05) is 12.1 Å². The van der Waals surface area contributed by atoms with Crippen LogP contribution in [0.4, 0.5) is 5.69 Å². The van der Waals surface area contributed by atoms with Crippen molar-refractivity contribution in [2.75, 3.05) is 19.0 Å². The number of rotatable bonds is 9. The highest BCUT2D eigenvalue weighted by Gasteiger charge is 2.10. The van der Waals surface area contributed by atoms with Crippen LogP contribution in [0.5, 0.6) is 5.75 Å². The van der Waals surface area contributed by atoms with E-state index in [4.69, 9.17) is 4.74 Å². The molecule has 2 aromatic rings. The number of carbonyl (C=O) groups excluding carboxylic acids is 1. The monoisotopic (exact) mass is 464 g/mol. The standard InChI is InChI=1S/C20H21BrN2O4S/c1-3-12-22-28(25,26)14-15-4-8-18(9-5-15)23-20(24)11-6-16-13-17(21)7-10-19(16)27-2/h3-11,13,22H,1,12,14H2,2H3,(H,23,24)/b11-6+. The zero-order valence-corrected chi connectivity index (χ0v) is 17.7. The largest absolute Gasteiger partial charge is 0.496 e. The molecular weight excluding hydrogens is 444 g/mol. The molecule has 0 atom stereocenters. The first-order valence-electron chi connectivity index (χ1n) is 8.33. The molecule has 0 aliphatic rings. The number of sulfonamides is 1. The number of benzene rings is 2. The van der Waals surface area contributed by atoms with Gasteiger partial charge in [-0.1, -0.05) is 34.1 Å². The number of carbonyl (C=O) groups is 1. The van der Waals surface area contributed by atoms with Crippen molar-refractivity contribution in [3.63, 3.8) is 0 Å². The number of hydrogen-bond donors (Lipinski definition) is 2. The van der Waals surface area contributed by atoms with Gasteiger partial charge in [0.1, 0.15) is 5.75 Å². The fraction of sp³-hybridized carbons (Fsp3) is 0.150. The van der Waals surface area contributed by atoms with Crippen LogP contribution in [0.3, 0.4) is 0 Å². The fourth-order valence-corrected chi connectivity index (χ4v) is 3.81. The highest BCUT2D eigenvalue weighted by Crippen LogP contribution is 2.24. The Balaban J connectivity index is 1.99. The Morgan fingerprint density at radius 1 is 1.21 bits per heavy atom. The van der Waals surface area contributed by atoms with Crippen molar-refractivity contribution < 1.29 is 17.9 Å². The van der Waals surface area contributed by atoms with Gasteiger partial charge in [0.2, 0.25) is 15.9 Å². The first-order valence-corrected chi connectivity index (χ1v) is 10.8. The quantitative estimate of drug-likeness (QED) is 0.437. The zero-order valence-electron chi connectivity index (χ0n) is 15.3. The molecule has 28 heavy (non-hydrogen) atoms. The van der Waals surface area contributed by atoms with Crippen LogP contribution < -0.4 is 14.8 Å². The molecule has 6 nitrogen and oxygen atoms in total. The third kappa shape index (κ3) is 6.95. The van der Waals surface area contributed by atoms with Gasteiger partial charge in [-0.3, -0.25) is 4.79 Å². The maximum atomic E-state index is 12.1. The number of anilines is 1. The number of amides is 1. The Bertz CT molecular complexity index is 970. The molecule has 0 saturated carbocycles. The number of ether oxygens (including phenoxy) is 1. The first kappa shape index (κ1) is 21.9. The van der Waals surface area contributed by atoms with E-state index in [0.29, 0.717) is 17.0 Å². The second-order valence-electron chi connectivity index (χ2n) is 5.80. The molecule has 0 saturated heterocycles. The van der Waals surface area contributed by atoms with Crippen molar-refractivity contribution in [3.8, 4) is 5.75 Å². The summed E-state index contributed by atoms with van der Waals surface area (Å²) in [6, 6.07) is 12.1. The van der Waals surface area contributed by atoms with Gasteiger partial charge in [-0.15, -0.1) is 6.58 Å². The molecule has 0 aliphatic heterocycles. The van der Waals surface area contributed by atoms with Crippen molar-refractivity contribution in [2.45, 2.75) is 5.75 Å². The summed E-state index contributed by atoms with van der Waals surface area (Å²) in [6.45, 7) is 3.66. The molecular formula is C20H21BrN2O4S. The van der Waals surface area contributed by atoms with E-state index in [0.717, 1.165) is 10.0 Å². The van der Waals surface area contributed by atoms with Crippen LogP contribution in [0.1, 0.15) is 11.1 Å². The van der Waals surface area contributed by atoms with Crippen molar-refractivity contribution in [2.24, 2.45) is 0 Å². The summed E-state index contributed by atoms with van der Waals surface area (Å²) < 4.78 is 32.3. The van der Waals surface area contributed by atoms with Gasteiger partial charge in [0.15, 0.2) is 0 Å². The van der Waals surface area contributed by atoms with E-state index >= 15 is 0 Å². The van der Waals surface area contributed by atoms with E-state index in [9.17, 15) is 13.2 Å². The summed E-state index contributed by atoms with van der Waals surface area (Å²) in [6.07, 6.45) is 4.54. The van der Waals surface area contributed by atoms with E-state index < -0.39 is 10.0 Å². The van der Waals surface area contributed by atoms with Crippen LogP contribution in [0.25, 0.3) is 6.08 Å². The van der Waals surface area contributed by atoms with Crippen molar-refractivity contribution in [1.29, 1.82) is 0 Å². The van der Waals surface area contributed by atoms with E-state index in [1.54, 1.807) is 43.5 Å². The van der Waals surface area contributed by atoms with Crippen LogP contribution >= 0.6 is 15.9 Å². The molecule has 2 rings (SSSR count). The fourth-order valence-electron chi connectivity index (χ4n) is 2.33. The molecule has 2 N–H and O–H groups in total. The minimum atomic E-state index is -3.42. The number of methoxy groups -OCH3 is 1. The average Bonchev–Trinajstić information content (AvgIpc) is 2.66. The van der Waals surface area contributed by atoms with Crippen LogP contribution in [-0.4, -0.2) is 28.0 Å². The molecule has 8 heteroatoms. The van der Waals surface area contributed by atoms with Crippen molar-refractivity contribution in [3.05, 3.63) is 76.8 Å². The van der Waals surface area contributed by atoms with E-state index in [1.165, 1.54) is 12.2 Å². The lowest BCUT2D eigenvalue weighted by Crippen LogP contribution is -2.25. The second kappa shape index (κ2) is 10.2. The van der Waals surface area contributed by atoms with Gasteiger partial charge in [-0.25, -0.2) is 13.1 Å². The maximum Gasteiger partial charge on any atom is 0.248 e. The Labute approximate surface area is 173 Å². The Morgan fingerprint density at radius 3 is 2.57 bits per heavy atom. The smallest absolute Gasteiger partial charge is 0.248 e. The average molecular weight is 465 g/mol. The highest BCUT2D eigenvalue weighted by molar-refractivity contribution is 9.10. The van der Waals surface area contributed by atoms with E-state index in [2.05, 4.69) is 32.5 Å². The molecule has 0 aliphatic carbocycles. The number of nitrogens with one attached hydrogen (secondary N) is 2. The van der Waals surface area contributed by atoms with Gasteiger partial charge in [-0.05, 0) is 42.0 Å². The second-order valence-corrected chi connectivity index (χ2v) is 8.52. The summed E-state index contributed by atoms with van der Waals surface area (Å²) >= 11 is 3.39. The molecule has 0 bridgehead atoms. The van der Waals surface area contributed by atoms with Crippen LogP contribution in [0.15, 0.2) is 65.7 Å². The molecule has 1 amide bonds. The minimum Gasteiger partial charge on any atom is -0.496 e. The van der Waals surface area contributed by atoms with Gasteiger partial charge in [0.25, 0.3) is 0 Å². The molecule has 0 fully saturated rings. The summed E-state index contributed by atoms with van der Waals surface area (Å²) in [7, 11) is -1.85. The maximum absolute atomic E-state index is 12.1. The third-order valence-electron chi connectivity index (χ3n) is 3.63. The van der Waals surface area contributed by atoms with Crippen LogP contribution in [0, 0.1) is 0 Å². The highest BCUT2D eigenvalue weighted by atomic mass is 79.9. The van der Waals surface area contributed by atoms with Crippen molar-refractivity contribution >= 4 is 43.6 Å². The SMILES string of the molecule is C=CCNS(=O)(=O)Cc1ccc(NC(=O)/C=C/c2cc(Br)ccc2OC)cc1. The summed E-state index contributed by atoms with van der Waals surface area (Å²) in [4.78, 5) is 12.1. The predicted molar refractivity (Wildman–Crippen MR) is 116 cm³/mol. The van der Waals surface area contributed by atoms with Gasteiger partial charge in [-0.2, -0.15) is 0 Å². The molecule has 0 unspecified atom stereocenters. The zero-order chi connectivity index (χ0) is 20.6. The molecule has 2 aromatic carbocycles. The Hall–Kier alpha value is -2.42. The summed E-state index contributed by atoms with van der Waals surface area (Å²) in [5, 5.41) is 2.73. The van der Waals surface area contributed by atoms with Gasteiger partial charge in [0, 0.05) is 28.3 Å². The lowest BCUT2D eigenvalue weighted by molar-refractivity contribution is -0.111. The Morgan fingerprint density at radius 2 is 1.93 bits per heavy atom. The van der Waals surface area contributed by atoms with Crippen LogP contribution in [-0.2, 0) is 20.6 Å². The molecule has 0 heterocycles. The lowest BCUT2D eigenvalue weighted by atomic mass is 10.2. The van der Waals surface area contributed by atoms with Gasteiger partial charge in [0.05, 0.1) is 12.9 Å². The van der Waals surface area contributed by atoms with Gasteiger partial charge >= 0.3 is 0 Å². The normalized spacial score (nSPS) is 11.4. The van der Waals surface area contributed by atoms with E-state index in [-0.39, 0.29) is 18.2 Å². The topological polar surface area (TPSA) is 84.5 Å². The number of hydrogen-bond acceptors (Lipinski definition) is 4. The molecule has 0 spiro atoms. The minimum absolute atomic E-state index is 0.141. The van der Waals surface area contributed by atoms with Crippen LogP contribution in [0.2, 0.25) is 0 Å². The summed E-state index contributed by atoms with van der Waals surface area (Å²) in [5.41, 5.74) is 1.94. The van der Waals surface area contributed by atoms with Crippen molar-refractivity contribution in [1.82, 2.24) is 4.72 Å². The molecule has 148 valence electrons. The first-order chi connectivity index (χ1) is 13.3. The predicted octanol–water partition coefficient (Wildman–Crippen LogP) is 3.72. The molecule has 0 aromatic heterocycles. The summed E-state index contributed by atoms with van der Waals surface area (Å²) in [5.74, 6) is 0.204. The Kier molecular flexibility index (Phi) is 7.98.